The van der Waals surface area contributed by atoms with Gasteiger partial charge in [0.25, 0.3) is 0 Å². The maximum Gasteiger partial charge on any atom is 0.123 e. The number of piperazine rings is 1. The summed E-state index contributed by atoms with van der Waals surface area (Å²) in [6.45, 7) is 9.95. The molecule has 1 aliphatic carbocycles. The lowest BCUT2D eigenvalue weighted by Gasteiger charge is -2.39. The van der Waals surface area contributed by atoms with Crippen LogP contribution in [0.1, 0.15) is 38.5 Å². The minimum atomic E-state index is 0.382. The van der Waals surface area contributed by atoms with Gasteiger partial charge in [0.2, 0.25) is 0 Å². The van der Waals surface area contributed by atoms with Gasteiger partial charge in [-0.15, -0.1) is 0 Å². The van der Waals surface area contributed by atoms with E-state index in [1.807, 2.05) is 0 Å². The van der Waals surface area contributed by atoms with Crippen LogP contribution in [0.2, 0.25) is 0 Å². The first-order valence-corrected chi connectivity index (χ1v) is 9.44. The van der Waals surface area contributed by atoms with Crippen LogP contribution in [-0.4, -0.2) is 68.4 Å². The third-order valence-corrected chi connectivity index (χ3v) is 5.98. The summed E-state index contributed by atoms with van der Waals surface area (Å²) < 4.78 is 0. The number of carbonyl (C=O) groups excluding carboxylic acids is 1. The van der Waals surface area contributed by atoms with Crippen LogP contribution in [-0.2, 0) is 4.79 Å². The maximum atomic E-state index is 10.7. The third-order valence-electron chi connectivity index (χ3n) is 5.98. The molecule has 0 amide bonds. The van der Waals surface area contributed by atoms with Gasteiger partial charge in [-0.05, 0) is 70.0 Å². The molecule has 0 aromatic rings. The molecular formula is C18H33N3O. The van der Waals surface area contributed by atoms with Gasteiger partial charge in [-0.1, -0.05) is 0 Å². The van der Waals surface area contributed by atoms with E-state index in [0.29, 0.717) is 5.92 Å². The zero-order valence-electron chi connectivity index (χ0n) is 14.0. The standard InChI is InChI=1S/C18H33N3O/c22-15-18-12-17(13-18)14-21-8-3-16(4-9-21)2-1-7-20-10-5-19-6-11-20/h15-19H,1-14H2. The SMILES string of the molecule is O=CC1CC(CN2CCC(CCCN3CCNCC3)CC2)C1. The molecule has 1 saturated carbocycles. The second kappa shape index (κ2) is 8.42. The van der Waals surface area contributed by atoms with Gasteiger partial charge in [0.1, 0.15) is 6.29 Å². The summed E-state index contributed by atoms with van der Waals surface area (Å²) in [5.74, 6) is 2.15. The molecule has 2 saturated heterocycles. The summed E-state index contributed by atoms with van der Waals surface area (Å²) in [7, 11) is 0. The molecule has 0 spiro atoms. The summed E-state index contributed by atoms with van der Waals surface area (Å²) >= 11 is 0. The number of carbonyl (C=O) groups is 1. The van der Waals surface area contributed by atoms with Crippen molar-refractivity contribution in [1.82, 2.24) is 15.1 Å². The van der Waals surface area contributed by atoms with Gasteiger partial charge in [-0.25, -0.2) is 0 Å². The van der Waals surface area contributed by atoms with Crippen molar-refractivity contribution in [3.63, 3.8) is 0 Å². The van der Waals surface area contributed by atoms with Gasteiger partial charge in [-0.3, -0.25) is 0 Å². The smallest absolute Gasteiger partial charge is 0.123 e. The fourth-order valence-corrected chi connectivity index (χ4v) is 4.41. The molecule has 0 atom stereocenters. The average Bonchev–Trinajstić information content (AvgIpc) is 2.53. The Labute approximate surface area is 135 Å². The highest BCUT2D eigenvalue weighted by Crippen LogP contribution is 2.33. The van der Waals surface area contributed by atoms with Crippen molar-refractivity contribution in [1.29, 1.82) is 0 Å². The average molecular weight is 307 g/mol. The first kappa shape index (κ1) is 16.4. The van der Waals surface area contributed by atoms with Crippen molar-refractivity contribution in [2.45, 2.75) is 38.5 Å². The molecule has 3 rings (SSSR count). The van der Waals surface area contributed by atoms with Crippen molar-refractivity contribution in [2.75, 3.05) is 52.4 Å². The molecule has 0 radical (unpaired) electrons. The Morgan fingerprint density at radius 3 is 2.36 bits per heavy atom. The number of nitrogens with one attached hydrogen (secondary N) is 1. The second-order valence-corrected chi connectivity index (χ2v) is 7.71. The normalized spacial score (nSPS) is 31.8. The van der Waals surface area contributed by atoms with E-state index in [0.717, 1.165) is 31.0 Å². The molecule has 2 heterocycles. The number of hydrogen-bond acceptors (Lipinski definition) is 4. The predicted molar refractivity (Wildman–Crippen MR) is 90.0 cm³/mol. The highest BCUT2D eigenvalue weighted by atomic mass is 16.1. The lowest BCUT2D eigenvalue weighted by molar-refractivity contribution is -0.114. The molecule has 4 heteroatoms. The Morgan fingerprint density at radius 1 is 0.955 bits per heavy atom. The molecule has 0 aromatic carbocycles. The Bertz CT molecular complexity index is 329. The van der Waals surface area contributed by atoms with Gasteiger partial charge in [0.15, 0.2) is 0 Å². The summed E-state index contributed by atoms with van der Waals surface area (Å²) in [5.41, 5.74) is 0. The van der Waals surface area contributed by atoms with Gasteiger partial charge < -0.3 is 19.9 Å². The van der Waals surface area contributed by atoms with Gasteiger partial charge in [0, 0.05) is 38.6 Å². The van der Waals surface area contributed by atoms with Gasteiger partial charge >= 0.3 is 0 Å². The molecule has 1 N–H and O–H groups in total. The van der Waals surface area contributed by atoms with E-state index in [2.05, 4.69) is 15.1 Å². The topological polar surface area (TPSA) is 35.6 Å². The van der Waals surface area contributed by atoms with E-state index in [9.17, 15) is 4.79 Å². The quantitative estimate of drug-likeness (QED) is 0.725. The Kier molecular flexibility index (Phi) is 6.28. The summed E-state index contributed by atoms with van der Waals surface area (Å²) in [6.07, 6.45) is 9.04. The summed E-state index contributed by atoms with van der Waals surface area (Å²) in [6, 6.07) is 0. The Hall–Kier alpha value is -0.450. The first-order valence-electron chi connectivity index (χ1n) is 9.44. The van der Waals surface area contributed by atoms with E-state index in [1.54, 1.807) is 0 Å². The first-order chi connectivity index (χ1) is 10.8. The van der Waals surface area contributed by atoms with E-state index in [4.69, 9.17) is 0 Å². The second-order valence-electron chi connectivity index (χ2n) is 7.71. The maximum absolute atomic E-state index is 10.7. The van der Waals surface area contributed by atoms with Gasteiger partial charge in [-0.2, -0.15) is 0 Å². The molecule has 2 aliphatic heterocycles. The summed E-state index contributed by atoms with van der Waals surface area (Å²) in [4.78, 5) is 15.9. The molecule has 3 aliphatic rings. The van der Waals surface area contributed by atoms with Crippen LogP contribution in [0.4, 0.5) is 0 Å². The van der Waals surface area contributed by atoms with Crippen LogP contribution < -0.4 is 5.32 Å². The highest BCUT2D eigenvalue weighted by molar-refractivity contribution is 5.55. The van der Waals surface area contributed by atoms with Crippen LogP contribution in [0.15, 0.2) is 0 Å². The number of nitrogens with zero attached hydrogens (tertiary/aromatic N) is 2. The molecule has 0 aromatic heterocycles. The van der Waals surface area contributed by atoms with Gasteiger partial charge in [0.05, 0.1) is 0 Å². The lowest BCUT2D eigenvalue weighted by atomic mass is 9.75. The van der Waals surface area contributed by atoms with E-state index < -0.39 is 0 Å². The zero-order valence-corrected chi connectivity index (χ0v) is 14.0. The molecule has 0 bridgehead atoms. The van der Waals surface area contributed by atoms with Crippen LogP contribution >= 0.6 is 0 Å². The minimum absolute atomic E-state index is 0.382. The fourth-order valence-electron chi connectivity index (χ4n) is 4.41. The monoisotopic (exact) mass is 307 g/mol. The number of hydrogen-bond donors (Lipinski definition) is 1. The van der Waals surface area contributed by atoms with Crippen LogP contribution in [0.3, 0.4) is 0 Å². The Balaban J connectivity index is 1.23. The van der Waals surface area contributed by atoms with Crippen molar-refractivity contribution in [2.24, 2.45) is 17.8 Å². The number of aldehydes is 1. The predicted octanol–water partition coefficient (Wildman–Crippen LogP) is 1.61. The molecule has 0 unspecified atom stereocenters. The molecule has 3 fully saturated rings. The lowest BCUT2D eigenvalue weighted by Crippen LogP contribution is -2.44. The number of rotatable bonds is 7. The third kappa shape index (κ3) is 4.77. The molecule has 22 heavy (non-hydrogen) atoms. The van der Waals surface area contributed by atoms with Crippen molar-refractivity contribution in [3.05, 3.63) is 0 Å². The van der Waals surface area contributed by atoms with E-state index in [1.165, 1.54) is 78.0 Å². The highest BCUT2D eigenvalue weighted by Gasteiger charge is 2.31. The summed E-state index contributed by atoms with van der Waals surface area (Å²) in [5, 5.41) is 3.42. The zero-order chi connectivity index (χ0) is 15.2. The molecular weight excluding hydrogens is 274 g/mol. The molecule has 4 nitrogen and oxygen atoms in total. The minimum Gasteiger partial charge on any atom is -0.314 e. The van der Waals surface area contributed by atoms with Crippen LogP contribution in [0, 0.1) is 17.8 Å². The molecule has 126 valence electrons. The van der Waals surface area contributed by atoms with E-state index in [-0.39, 0.29) is 0 Å². The van der Waals surface area contributed by atoms with Crippen molar-refractivity contribution < 1.29 is 4.79 Å². The van der Waals surface area contributed by atoms with Crippen molar-refractivity contribution >= 4 is 6.29 Å². The van der Waals surface area contributed by atoms with Crippen molar-refractivity contribution in [3.8, 4) is 0 Å². The number of likely N-dealkylation sites (tertiary alicyclic amines) is 1. The van der Waals surface area contributed by atoms with Crippen LogP contribution in [0.25, 0.3) is 0 Å². The van der Waals surface area contributed by atoms with E-state index >= 15 is 0 Å². The Morgan fingerprint density at radius 2 is 1.68 bits per heavy atom. The largest absolute Gasteiger partial charge is 0.314 e. The van der Waals surface area contributed by atoms with Crippen LogP contribution in [0.5, 0.6) is 0 Å². The number of piperidine rings is 1. The fraction of sp³-hybridized carbons (Fsp3) is 0.944.